The molecular weight excluding hydrogens is 622 g/mol. The fourth-order valence-electron chi connectivity index (χ4n) is 2.42. The molecule has 2 rings (SSSR count). The summed E-state index contributed by atoms with van der Waals surface area (Å²) >= 11 is 21.1. The second kappa shape index (κ2) is 9.09. The van der Waals surface area contributed by atoms with Gasteiger partial charge in [0.2, 0.25) is 0 Å². The molecule has 0 saturated heterocycles. The van der Waals surface area contributed by atoms with Gasteiger partial charge in [-0.2, -0.15) is 0 Å². The molecule has 0 N–H and O–H groups in total. The summed E-state index contributed by atoms with van der Waals surface area (Å²) in [5.41, 5.74) is 2.59. The summed E-state index contributed by atoms with van der Waals surface area (Å²) in [5, 5.41) is 1.55. The van der Waals surface area contributed by atoms with Gasteiger partial charge in [-0.1, -0.05) is 0 Å². The van der Waals surface area contributed by atoms with Crippen LogP contribution in [0, 0.1) is 0 Å². The Balaban J connectivity index is 2.20. The standard InChI is InChI=1S/C16H15Cl2.3BrH.Sn/c1-2-3-16(12-4-8-14(17)9-5-12)13-6-10-15(18)11-7-13;;;;/h4-11,16H,1-3H2;3*1H;/q;;;;+3/p-3. The SMILES string of the molecule is Clc1ccc(C(CC[CH2][Sn]([Br])([Br])[Br])c2ccc(Cl)cc2)cc1. The monoisotopic (exact) mass is 634 g/mol. The Labute approximate surface area is 164 Å². The van der Waals surface area contributed by atoms with Gasteiger partial charge >= 0.3 is 166 Å². The zero-order valence-corrected chi connectivity index (χ0v) is 20.8. The summed E-state index contributed by atoms with van der Waals surface area (Å²) in [6.07, 6.45) is 2.26. The van der Waals surface area contributed by atoms with Crippen molar-refractivity contribution in [3.63, 3.8) is 0 Å². The minimum absolute atomic E-state index is 0.371. The molecule has 0 aliphatic rings. The van der Waals surface area contributed by atoms with Gasteiger partial charge in [-0.3, -0.25) is 0 Å². The fourth-order valence-corrected chi connectivity index (χ4v) is 10.0. The van der Waals surface area contributed by atoms with E-state index in [1.54, 1.807) is 0 Å². The first kappa shape index (κ1) is 19.6. The zero-order valence-electron chi connectivity index (χ0n) is 11.7. The maximum atomic E-state index is 6.02. The number of rotatable bonds is 6. The third-order valence-corrected chi connectivity index (χ3v) is 14.6. The Morgan fingerprint density at radius 1 is 0.773 bits per heavy atom. The van der Waals surface area contributed by atoms with Crippen LogP contribution in [-0.4, -0.2) is 11.7 Å². The molecule has 0 atom stereocenters. The first-order valence-electron chi connectivity index (χ1n) is 6.93. The Kier molecular flexibility index (Phi) is 8.09. The minimum atomic E-state index is -2.25. The van der Waals surface area contributed by atoms with Gasteiger partial charge in [0.25, 0.3) is 0 Å². The summed E-state index contributed by atoms with van der Waals surface area (Å²) in [4.78, 5) is 0. The quantitative estimate of drug-likeness (QED) is 0.282. The van der Waals surface area contributed by atoms with Crippen molar-refractivity contribution in [2.75, 3.05) is 0 Å². The van der Waals surface area contributed by atoms with E-state index in [0.29, 0.717) is 5.92 Å². The van der Waals surface area contributed by atoms with Crippen molar-refractivity contribution >= 4 is 73.0 Å². The predicted molar refractivity (Wildman–Crippen MR) is 111 cm³/mol. The molecule has 2 aromatic rings. The average Bonchev–Trinajstić information content (AvgIpc) is 2.45. The molecule has 118 valence electrons. The molecule has 0 aliphatic carbocycles. The van der Waals surface area contributed by atoms with Crippen molar-refractivity contribution in [1.29, 1.82) is 0 Å². The van der Waals surface area contributed by atoms with Crippen LogP contribution in [0.4, 0.5) is 0 Å². The predicted octanol–water partition coefficient (Wildman–Crippen LogP) is 8.03. The Bertz CT molecular complexity index is 549. The van der Waals surface area contributed by atoms with Crippen LogP contribution in [0.3, 0.4) is 0 Å². The molecule has 6 heteroatoms. The van der Waals surface area contributed by atoms with Crippen molar-refractivity contribution in [3.8, 4) is 0 Å². The fraction of sp³-hybridized carbons (Fsp3) is 0.250. The Hall–Kier alpha value is 1.26. The van der Waals surface area contributed by atoms with Crippen LogP contribution >= 0.6 is 61.3 Å². The number of hydrogen-bond donors (Lipinski definition) is 0. The second-order valence-electron chi connectivity index (χ2n) is 5.16. The van der Waals surface area contributed by atoms with Gasteiger partial charge in [0.1, 0.15) is 0 Å². The van der Waals surface area contributed by atoms with Gasteiger partial charge in [0.15, 0.2) is 0 Å². The zero-order chi connectivity index (χ0) is 16.2. The van der Waals surface area contributed by atoms with Gasteiger partial charge in [0, 0.05) is 0 Å². The van der Waals surface area contributed by atoms with Gasteiger partial charge < -0.3 is 0 Å². The first-order chi connectivity index (χ1) is 10.3. The second-order valence-corrected chi connectivity index (χ2v) is 59.6. The van der Waals surface area contributed by atoms with Gasteiger partial charge in [0.05, 0.1) is 0 Å². The third-order valence-electron chi connectivity index (χ3n) is 3.50. The molecular formula is C16H15Br3Cl2Sn. The van der Waals surface area contributed by atoms with E-state index in [4.69, 9.17) is 23.2 Å². The van der Waals surface area contributed by atoms with E-state index in [0.717, 1.165) is 22.9 Å². The van der Waals surface area contributed by atoms with Crippen molar-refractivity contribution in [2.24, 2.45) is 0 Å². The van der Waals surface area contributed by atoms with Gasteiger partial charge in [-0.15, -0.1) is 0 Å². The average molecular weight is 637 g/mol. The number of benzene rings is 2. The molecule has 0 bridgehead atoms. The number of halogens is 5. The molecule has 0 unspecified atom stereocenters. The summed E-state index contributed by atoms with van der Waals surface area (Å²) in [7, 11) is 0. The summed E-state index contributed by atoms with van der Waals surface area (Å²) < 4.78 is 1.19. The van der Waals surface area contributed by atoms with Crippen LogP contribution in [0.15, 0.2) is 48.5 Å². The molecule has 2 aromatic carbocycles. The van der Waals surface area contributed by atoms with Crippen LogP contribution in [-0.2, 0) is 0 Å². The van der Waals surface area contributed by atoms with E-state index in [1.165, 1.54) is 15.6 Å². The topological polar surface area (TPSA) is 0 Å². The van der Waals surface area contributed by atoms with Gasteiger partial charge in [-0.05, 0) is 0 Å². The molecule has 0 aliphatic heterocycles. The molecule has 0 radical (unpaired) electrons. The molecule has 0 nitrogen and oxygen atoms in total. The number of hydrogen-bond acceptors (Lipinski definition) is 0. The summed E-state index contributed by atoms with van der Waals surface area (Å²) in [5.74, 6) is 0.371. The van der Waals surface area contributed by atoms with E-state index >= 15 is 0 Å². The molecule has 0 saturated carbocycles. The van der Waals surface area contributed by atoms with E-state index in [2.05, 4.69) is 62.4 Å². The molecule has 0 fully saturated rings. The van der Waals surface area contributed by atoms with E-state index in [1.807, 2.05) is 24.3 Å². The van der Waals surface area contributed by atoms with Crippen LogP contribution < -0.4 is 0 Å². The summed E-state index contributed by atoms with van der Waals surface area (Å²) in [6.45, 7) is 0. The van der Waals surface area contributed by atoms with Crippen LogP contribution in [0.1, 0.15) is 29.9 Å². The van der Waals surface area contributed by atoms with Crippen molar-refractivity contribution in [1.82, 2.24) is 0 Å². The van der Waals surface area contributed by atoms with Crippen LogP contribution in [0.5, 0.6) is 0 Å². The molecule has 0 amide bonds. The van der Waals surface area contributed by atoms with E-state index in [-0.39, 0.29) is 0 Å². The van der Waals surface area contributed by atoms with E-state index < -0.39 is 11.7 Å². The Morgan fingerprint density at radius 2 is 1.18 bits per heavy atom. The van der Waals surface area contributed by atoms with Crippen molar-refractivity contribution in [2.45, 2.75) is 23.2 Å². The Morgan fingerprint density at radius 3 is 1.55 bits per heavy atom. The molecule has 0 heterocycles. The van der Waals surface area contributed by atoms with E-state index in [9.17, 15) is 0 Å². The van der Waals surface area contributed by atoms with Crippen molar-refractivity contribution in [3.05, 3.63) is 69.7 Å². The molecule has 22 heavy (non-hydrogen) atoms. The van der Waals surface area contributed by atoms with Gasteiger partial charge in [-0.25, -0.2) is 0 Å². The van der Waals surface area contributed by atoms with Crippen molar-refractivity contribution < 1.29 is 0 Å². The maximum absolute atomic E-state index is 6.02. The molecule has 0 aromatic heterocycles. The summed E-state index contributed by atoms with van der Waals surface area (Å²) in [6, 6.07) is 16.3. The normalized spacial score (nSPS) is 11.9. The molecule has 0 spiro atoms. The third kappa shape index (κ3) is 6.64. The first-order valence-corrected chi connectivity index (χ1v) is 28.9. The van der Waals surface area contributed by atoms with Crippen LogP contribution in [0.2, 0.25) is 14.5 Å². The van der Waals surface area contributed by atoms with Crippen LogP contribution in [0.25, 0.3) is 0 Å².